The van der Waals surface area contributed by atoms with Gasteiger partial charge >= 0.3 is 3.18 Å². The highest BCUT2D eigenvalue weighted by atomic mass is 79.9. The first kappa shape index (κ1) is 19.4. The number of hydrogen-bond donors (Lipinski definition) is 1. The lowest BCUT2D eigenvalue weighted by Gasteiger charge is -2.16. The monoisotopic (exact) mass is 516 g/mol. The molecule has 1 amide bonds. The van der Waals surface area contributed by atoms with E-state index in [1.165, 1.54) is 11.1 Å². The molecule has 2 N–H and O–H groups in total. The zero-order valence-corrected chi connectivity index (χ0v) is 18.0. The molecule has 0 spiro atoms. The molecular formula is C15H16BBr3N4O. The summed E-state index contributed by atoms with van der Waals surface area (Å²) in [5.41, 5.74) is 9.98. The third-order valence-corrected chi connectivity index (χ3v) is 3.55. The highest BCUT2D eigenvalue weighted by Crippen LogP contribution is 2.30. The van der Waals surface area contributed by atoms with Crippen LogP contribution in [-0.2, 0) is 13.0 Å². The molecule has 0 atom stereocenters. The number of aryl methyl sites for hydroxylation is 2. The van der Waals surface area contributed by atoms with Crippen molar-refractivity contribution in [3.05, 3.63) is 46.8 Å². The van der Waals surface area contributed by atoms with Crippen LogP contribution in [0.25, 0.3) is 11.4 Å². The van der Waals surface area contributed by atoms with E-state index in [9.17, 15) is 4.79 Å². The van der Waals surface area contributed by atoms with Gasteiger partial charge in [0.25, 0.3) is 5.91 Å². The number of benzene rings is 1. The van der Waals surface area contributed by atoms with Crippen molar-refractivity contribution in [3.8, 4) is 11.4 Å². The lowest BCUT2D eigenvalue weighted by molar-refractivity contribution is 0.0986. The van der Waals surface area contributed by atoms with E-state index in [1.807, 2.05) is 6.08 Å². The molecule has 1 aromatic heterocycles. The molecule has 2 aromatic rings. The Bertz CT molecular complexity index is 787. The molecule has 1 aromatic carbocycles. The Hall–Kier alpha value is -0.925. The molecule has 0 saturated carbocycles. The van der Waals surface area contributed by atoms with E-state index in [0.29, 0.717) is 6.54 Å². The van der Waals surface area contributed by atoms with Gasteiger partial charge in [0.1, 0.15) is 0 Å². The number of amides is 1. The van der Waals surface area contributed by atoms with E-state index in [4.69, 9.17) is 5.73 Å². The number of rotatable bonds is 1. The van der Waals surface area contributed by atoms with Crippen molar-refractivity contribution in [2.24, 2.45) is 5.73 Å². The fourth-order valence-corrected chi connectivity index (χ4v) is 2.77. The van der Waals surface area contributed by atoms with Crippen LogP contribution in [0, 0.1) is 13.8 Å². The van der Waals surface area contributed by atoms with Crippen molar-refractivity contribution in [1.82, 2.24) is 14.8 Å². The SMILES string of the molecule is BrB(Br)Br.Cc1cc(C)c2c(c1)C/C=C\Cn1c(C(N)=O)nnc1-2. The van der Waals surface area contributed by atoms with Crippen LogP contribution in [0.4, 0.5) is 0 Å². The van der Waals surface area contributed by atoms with Crippen molar-refractivity contribution in [2.45, 2.75) is 26.8 Å². The Kier molecular flexibility index (Phi) is 6.83. The summed E-state index contributed by atoms with van der Waals surface area (Å²) in [6, 6.07) is 4.27. The summed E-state index contributed by atoms with van der Waals surface area (Å²) in [6.07, 6.45) is 4.97. The summed E-state index contributed by atoms with van der Waals surface area (Å²) in [7, 11) is 0. The van der Waals surface area contributed by atoms with Crippen LogP contribution in [0.5, 0.6) is 0 Å². The lowest BCUT2D eigenvalue weighted by atomic mass is 9.95. The van der Waals surface area contributed by atoms with E-state index in [-0.39, 0.29) is 9.01 Å². The average Bonchev–Trinajstić information content (AvgIpc) is 2.83. The first-order valence-electron chi connectivity index (χ1n) is 7.22. The number of carbonyl (C=O) groups is 1. The largest absolute Gasteiger partial charge is 0.369 e. The Morgan fingerprint density at radius 1 is 1.21 bits per heavy atom. The van der Waals surface area contributed by atoms with Crippen molar-refractivity contribution >= 4 is 56.4 Å². The number of nitrogens with two attached hydrogens (primary N) is 1. The summed E-state index contributed by atoms with van der Waals surface area (Å²) in [6.45, 7) is 4.70. The molecule has 9 heteroatoms. The second-order valence-corrected chi connectivity index (χ2v) is 11.8. The summed E-state index contributed by atoms with van der Waals surface area (Å²) < 4.78 is 2.05. The van der Waals surface area contributed by atoms with Gasteiger partial charge in [-0.1, -0.05) is 29.8 Å². The molecular weight excluding hydrogens is 503 g/mol. The van der Waals surface area contributed by atoms with E-state index in [1.54, 1.807) is 4.57 Å². The van der Waals surface area contributed by atoms with Crippen LogP contribution in [-0.4, -0.2) is 23.9 Å². The van der Waals surface area contributed by atoms with Gasteiger partial charge in [0.15, 0.2) is 5.82 Å². The van der Waals surface area contributed by atoms with Crippen molar-refractivity contribution < 1.29 is 4.79 Å². The van der Waals surface area contributed by atoms with Gasteiger partial charge in [0.05, 0.1) is 0 Å². The van der Waals surface area contributed by atoms with Crippen LogP contribution >= 0.6 is 47.3 Å². The Morgan fingerprint density at radius 2 is 1.88 bits per heavy atom. The van der Waals surface area contributed by atoms with Crippen molar-refractivity contribution in [3.63, 3.8) is 0 Å². The molecule has 3 rings (SSSR count). The maximum absolute atomic E-state index is 11.5. The fourth-order valence-electron chi connectivity index (χ4n) is 2.77. The Morgan fingerprint density at radius 3 is 2.50 bits per heavy atom. The topological polar surface area (TPSA) is 73.8 Å². The summed E-state index contributed by atoms with van der Waals surface area (Å²) in [4.78, 5) is 11.5. The molecule has 2 heterocycles. The van der Waals surface area contributed by atoms with Crippen LogP contribution in [0.2, 0.25) is 0 Å². The summed E-state index contributed by atoms with van der Waals surface area (Å²) in [5, 5.41) is 8.14. The van der Waals surface area contributed by atoms with Gasteiger partial charge in [0.2, 0.25) is 5.82 Å². The van der Waals surface area contributed by atoms with E-state index < -0.39 is 5.91 Å². The molecule has 0 bridgehead atoms. The number of fused-ring (bicyclic) bond motifs is 3. The maximum Gasteiger partial charge on any atom is 0.369 e. The number of nitrogens with zero attached hydrogens (tertiary/aromatic N) is 3. The van der Waals surface area contributed by atoms with E-state index in [2.05, 4.69) is 89.5 Å². The number of carbonyl (C=O) groups excluding carboxylic acids is 1. The van der Waals surface area contributed by atoms with Gasteiger partial charge in [-0.3, -0.25) is 9.36 Å². The van der Waals surface area contributed by atoms with Gasteiger partial charge in [0, 0.05) is 12.1 Å². The molecule has 126 valence electrons. The van der Waals surface area contributed by atoms with Crippen molar-refractivity contribution in [2.75, 3.05) is 0 Å². The normalized spacial score (nSPS) is 13.5. The standard InChI is InChI=1S/C15H16N4O.BBr3/c1-9-7-10(2)12-11(8-9)5-3-4-6-19-14(12)17-18-15(19)13(16)20;2-1(3)4/h3-4,7-8H,5-6H2,1-2H3,(H2,16,20);/b4-3-;. The van der Waals surface area contributed by atoms with Crippen LogP contribution in [0.15, 0.2) is 24.3 Å². The third-order valence-electron chi connectivity index (χ3n) is 3.55. The minimum atomic E-state index is -0.552. The quantitative estimate of drug-likeness (QED) is 0.459. The van der Waals surface area contributed by atoms with Gasteiger partial charge in [-0.25, -0.2) is 0 Å². The molecule has 0 fully saturated rings. The predicted octanol–water partition coefficient (Wildman–Crippen LogP) is 3.93. The van der Waals surface area contributed by atoms with Crippen LogP contribution in [0.1, 0.15) is 27.3 Å². The number of hydrogen-bond acceptors (Lipinski definition) is 3. The first-order chi connectivity index (χ1) is 11.3. The van der Waals surface area contributed by atoms with E-state index >= 15 is 0 Å². The van der Waals surface area contributed by atoms with E-state index in [0.717, 1.165) is 23.4 Å². The number of allylic oxidation sites excluding steroid dienone is 2. The maximum atomic E-state index is 11.5. The minimum absolute atomic E-state index is 0.206. The van der Waals surface area contributed by atoms with Gasteiger partial charge < -0.3 is 5.73 Å². The second kappa shape index (κ2) is 8.44. The molecule has 5 nitrogen and oxygen atoms in total. The molecule has 1 aliphatic heterocycles. The average molecular weight is 519 g/mol. The highest BCUT2D eigenvalue weighted by Gasteiger charge is 2.21. The Balaban J connectivity index is 0.000000471. The third kappa shape index (κ3) is 4.58. The minimum Gasteiger partial charge on any atom is -0.363 e. The number of primary amides is 1. The molecule has 0 radical (unpaired) electrons. The van der Waals surface area contributed by atoms with Crippen LogP contribution < -0.4 is 5.73 Å². The molecule has 1 aliphatic rings. The van der Waals surface area contributed by atoms with Gasteiger partial charge in [-0.2, -0.15) is 0 Å². The number of aromatic nitrogens is 3. The summed E-state index contributed by atoms with van der Waals surface area (Å²) >= 11 is 9.31. The highest BCUT2D eigenvalue weighted by molar-refractivity contribution is 9.69. The molecule has 0 unspecified atom stereocenters. The zero-order chi connectivity index (χ0) is 17.9. The smallest absolute Gasteiger partial charge is 0.363 e. The number of halogens is 3. The summed E-state index contributed by atoms with van der Waals surface area (Å²) in [5.74, 6) is 0.372. The fraction of sp³-hybridized carbons (Fsp3) is 0.267. The van der Waals surface area contributed by atoms with Gasteiger partial charge in [-0.05, 0) is 31.4 Å². The molecule has 0 saturated heterocycles. The first-order valence-corrected chi connectivity index (χ1v) is 9.96. The molecule has 24 heavy (non-hydrogen) atoms. The Labute approximate surface area is 166 Å². The van der Waals surface area contributed by atoms with Crippen molar-refractivity contribution in [1.29, 1.82) is 0 Å². The van der Waals surface area contributed by atoms with Gasteiger partial charge in [-0.15, -0.1) is 57.5 Å². The predicted molar refractivity (Wildman–Crippen MR) is 109 cm³/mol. The molecule has 0 aliphatic carbocycles. The van der Waals surface area contributed by atoms with Crippen LogP contribution in [0.3, 0.4) is 0 Å². The zero-order valence-electron chi connectivity index (χ0n) is 13.3. The lowest BCUT2D eigenvalue weighted by Crippen LogP contribution is -2.19. The second-order valence-electron chi connectivity index (χ2n) is 5.36.